The molecule has 0 unspecified atom stereocenters. The third kappa shape index (κ3) is 3.39. The Kier molecular flexibility index (Phi) is 4.71. The number of benzene rings is 1. The van der Waals surface area contributed by atoms with E-state index in [4.69, 9.17) is 4.98 Å². The second-order valence-electron chi connectivity index (χ2n) is 9.88. The van der Waals surface area contributed by atoms with Crippen molar-refractivity contribution in [3.63, 3.8) is 0 Å². The van der Waals surface area contributed by atoms with Crippen molar-refractivity contribution in [1.29, 1.82) is 0 Å². The van der Waals surface area contributed by atoms with Gasteiger partial charge in [-0.1, -0.05) is 6.07 Å². The van der Waals surface area contributed by atoms with Crippen molar-refractivity contribution >= 4 is 10.8 Å². The molecule has 0 bridgehead atoms. The molecule has 1 aromatic carbocycles. The molecule has 7 nitrogen and oxygen atoms in total. The predicted octanol–water partition coefficient (Wildman–Crippen LogP) is 5.10. The van der Waals surface area contributed by atoms with Gasteiger partial charge >= 0.3 is 0 Å². The Morgan fingerprint density at radius 1 is 1.06 bits per heavy atom. The molecule has 7 rings (SSSR count). The third-order valence-corrected chi connectivity index (χ3v) is 7.37. The van der Waals surface area contributed by atoms with Crippen molar-refractivity contribution < 1.29 is 4.39 Å². The molecule has 0 radical (unpaired) electrons. The zero-order valence-electron chi connectivity index (χ0n) is 20.0. The Labute approximate surface area is 206 Å². The van der Waals surface area contributed by atoms with Crippen LogP contribution in [0.2, 0.25) is 0 Å². The lowest BCUT2D eigenvalue weighted by atomic mass is 10.1. The molecule has 0 atom stereocenters. The molecule has 8 heteroatoms. The first-order valence-corrected chi connectivity index (χ1v) is 12.5. The van der Waals surface area contributed by atoms with Gasteiger partial charge in [0.05, 0.1) is 29.3 Å². The fourth-order valence-electron chi connectivity index (χ4n) is 5.27. The van der Waals surface area contributed by atoms with Crippen LogP contribution in [-0.4, -0.2) is 28.7 Å². The Balaban J connectivity index is 1.35. The average molecular weight is 481 g/mol. The van der Waals surface area contributed by atoms with Crippen molar-refractivity contribution in [3.8, 4) is 23.0 Å². The zero-order chi connectivity index (χ0) is 24.4. The van der Waals surface area contributed by atoms with E-state index in [2.05, 4.69) is 14.5 Å². The first-order valence-electron chi connectivity index (χ1n) is 12.5. The summed E-state index contributed by atoms with van der Waals surface area (Å²) in [5.74, 6) is 1.22. The number of hydrogen-bond donors (Lipinski definition) is 0. The van der Waals surface area contributed by atoms with E-state index in [1.807, 2.05) is 36.0 Å². The summed E-state index contributed by atoms with van der Waals surface area (Å²) in [5.41, 5.74) is 4.32. The lowest BCUT2D eigenvalue weighted by molar-refractivity contribution is 0.536. The minimum Gasteiger partial charge on any atom is -0.327 e. The second kappa shape index (κ2) is 7.98. The van der Waals surface area contributed by atoms with Gasteiger partial charge < -0.3 is 9.13 Å². The van der Waals surface area contributed by atoms with Crippen molar-refractivity contribution in [1.82, 2.24) is 28.7 Å². The summed E-state index contributed by atoms with van der Waals surface area (Å²) < 4.78 is 20.7. The number of imidazole rings is 2. The highest BCUT2D eigenvalue weighted by atomic mass is 19.1. The summed E-state index contributed by atoms with van der Waals surface area (Å²) >= 11 is 0. The SMILES string of the molecule is Cc1cc2c(F)cn(-c3cccc(-c4ncc5n4CCCC5)n3)c(=O)c2cc1-n1cnc(C2CC2)c1. The number of fused-ring (bicyclic) bond motifs is 2. The standard InChI is InChI=1S/C28H25FN6O/c1-17-11-20-21(12-25(17)33-15-24(31-16-33)18-8-9-18)28(36)35(14-22(20)29)26-7-4-6-23(32-26)27-30-13-19-5-2-3-10-34(19)27/h4,6-7,11-16,18H,2-3,5,8-10H2,1H3. The molecule has 180 valence electrons. The van der Waals surface area contributed by atoms with Gasteiger partial charge in [-0.15, -0.1) is 0 Å². The Hall–Kier alpha value is -4.07. The number of aryl methyl sites for hydroxylation is 2. The molecular weight excluding hydrogens is 455 g/mol. The summed E-state index contributed by atoms with van der Waals surface area (Å²) in [5, 5.41) is 0.612. The molecule has 5 heterocycles. The lowest BCUT2D eigenvalue weighted by Crippen LogP contribution is -2.20. The van der Waals surface area contributed by atoms with Crippen molar-refractivity contribution in [2.24, 2.45) is 0 Å². The van der Waals surface area contributed by atoms with Crippen molar-refractivity contribution in [3.05, 3.63) is 88.4 Å². The molecule has 5 aromatic rings. The molecule has 36 heavy (non-hydrogen) atoms. The van der Waals surface area contributed by atoms with Crippen LogP contribution in [0.4, 0.5) is 4.39 Å². The molecule has 0 N–H and O–H groups in total. The normalized spacial score (nSPS) is 15.4. The summed E-state index contributed by atoms with van der Waals surface area (Å²) in [6, 6.07) is 8.95. The van der Waals surface area contributed by atoms with Gasteiger partial charge in [0.1, 0.15) is 17.3 Å². The molecule has 1 aliphatic carbocycles. The average Bonchev–Trinajstić information content (AvgIpc) is 3.47. The van der Waals surface area contributed by atoms with Crippen LogP contribution in [-0.2, 0) is 13.0 Å². The quantitative estimate of drug-likeness (QED) is 0.359. The topological polar surface area (TPSA) is 70.5 Å². The van der Waals surface area contributed by atoms with Crippen LogP contribution >= 0.6 is 0 Å². The fraction of sp³-hybridized carbons (Fsp3) is 0.286. The van der Waals surface area contributed by atoms with E-state index in [0.717, 1.165) is 61.4 Å². The van der Waals surface area contributed by atoms with Crippen LogP contribution in [0.5, 0.6) is 0 Å². The van der Waals surface area contributed by atoms with E-state index in [9.17, 15) is 4.79 Å². The first-order chi connectivity index (χ1) is 17.6. The highest BCUT2D eigenvalue weighted by Crippen LogP contribution is 2.39. The summed E-state index contributed by atoms with van der Waals surface area (Å²) in [6.45, 7) is 2.83. The number of pyridine rings is 2. The molecule has 0 spiro atoms. The number of hydrogen-bond acceptors (Lipinski definition) is 4. The van der Waals surface area contributed by atoms with E-state index in [-0.39, 0.29) is 5.56 Å². The predicted molar refractivity (Wildman–Crippen MR) is 135 cm³/mol. The largest absolute Gasteiger partial charge is 0.327 e. The van der Waals surface area contributed by atoms with Crippen LogP contribution < -0.4 is 5.56 Å². The van der Waals surface area contributed by atoms with Crippen molar-refractivity contribution in [2.45, 2.75) is 51.5 Å². The van der Waals surface area contributed by atoms with Gasteiger partial charge in [-0.05, 0) is 68.9 Å². The van der Waals surface area contributed by atoms with Crippen LogP contribution in [0.25, 0.3) is 33.8 Å². The minimum atomic E-state index is -0.464. The molecule has 2 aliphatic rings. The number of aromatic nitrogens is 6. The zero-order valence-corrected chi connectivity index (χ0v) is 20.0. The Morgan fingerprint density at radius 2 is 1.94 bits per heavy atom. The molecule has 4 aromatic heterocycles. The van der Waals surface area contributed by atoms with Crippen LogP contribution in [0.1, 0.15) is 48.6 Å². The van der Waals surface area contributed by atoms with Crippen LogP contribution in [0.3, 0.4) is 0 Å². The number of halogens is 1. The minimum absolute atomic E-state index is 0.304. The number of rotatable bonds is 4. The van der Waals surface area contributed by atoms with Crippen LogP contribution in [0, 0.1) is 12.7 Å². The fourth-order valence-corrected chi connectivity index (χ4v) is 5.27. The smallest absolute Gasteiger partial charge is 0.264 e. The highest BCUT2D eigenvalue weighted by Gasteiger charge is 2.26. The molecular formula is C28H25FN6O. The van der Waals surface area contributed by atoms with Gasteiger partial charge in [0.25, 0.3) is 5.56 Å². The van der Waals surface area contributed by atoms with E-state index in [0.29, 0.717) is 28.2 Å². The third-order valence-electron chi connectivity index (χ3n) is 7.37. The van der Waals surface area contributed by atoms with Gasteiger partial charge in [-0.3, -0.25) is 9.36 Å². The molecule has 0 amide bonds. The summed E-state index contributed by atoms with van der Waals surface area (Å²) in [6.07, 6.45) is 12.5. The molecule has 1 fully saturated rings. The van der Waals surface area contributed by atoms with E-state index in [1.165, 1.54) is 16.5 Å². The molecule has 0 saturated heterocycles. The molecule has 1 saturated carbocycles. The first kappa shape index (κ1) is 21.2. The van der Waals surface area contributed by atoms with Crippen LogP contribution in [0.15, 0.2) is 60.0 Å². The van der Waals surface area contributed by atoms with E-state index >= 15 is 4.39 Å². The highest BCUT2D eigenvalue weighted by molar-refractivity contribution is 5.85. The summed E-state index contributed by atoms with van der Waals surface area (Å²) in [4.78, 5) is 27.5. The number of nitrogens with zero attached hydrogens (tertiary/aromatic N) is 6. The Bertz CT molecular complexity index is 1710. The van der Waals surface area contributed by atoms with Gasteiger partial charge in [-0.25, -0.2) is 19.3 Å². The van der Waals surface area contributed by atoms with Gasteiger partial charge in [0.15, 0.2) is 5.82 Å². The van der Waals surface area contributed by atoms with E-state index in [1.54, 1.807) is 24.5 Å². The second-order valence-corrected chi connectivity index (χ2v) is 9.88. The maximum absolute atomic E-state index is 15.3. The maximum atomic E-state index is 15.3. The molecule has 1 aliphatic heterocycles. The Morgan fingerprint density at radius 3 is 2.81 bits per heavy atom. The van der Waals surface area contributed by atoms with Crippen molar-refractivity contribution in [2.75, 3.05) is 0 Å². The lowest BCUT2D eigenvalue weighted by Gasteiger charge is -2.16. The maximum Gasteiger partial charge on any atom is 0.264 e. The monoisotopic (exact) mass is 480 g/mol. The van der Waals surface area contributed by atoms with Gasteiger partial charge in [-0.2, -0.15) is 0 Å². The summed E-state index contributed by atoms with van der Waals surface area (Å²) in [7, 11) is 0. The van der Waals surface area contributed by atoms with Gasteiger partial charge in [0, 0.05) is 35.9 Å². The van der Waals surface area contributed by atoms with Gasteiger partial charge in [0.2, 0.25) is 0 Å². The van der Waals surface area contributed by atoms with E-state index < -0.39 is 5.82 Å².